The number of nitrogens with zero attached hydrogens (tertiary/aromatic N) is 1. The number of hydrogen-bond acceptors (Lipinski definition) is 3. The minimum absolute atomic E-state index is 0.00208. The Hall–Kier alpha value is -1.82. The van der Waals surface area contributed by atoms with Crippen LogP contribution < -0.4 is 5.69 Å². The minimum Gasteiger partial charge on any atom is -0.305 e. The van der Waals surface area contributed by atoms with Gasteiger partial charge in [-0.2, -0.15) is 0 Å². The maximum absolute atomic E-state index is 10.9. The highest BCUT2D eigenvalue weighted by molar-refractivity contribution is 6.33. The monoisotopic (exact) mass is 213 g/mol. The first kappa shape index (κ1) is 8.76. The molecule has 7 heteroatoms. The Morgan fingerprint density at radius 1 is 1.36 bits per heavy atom. The highest BCUT2D eigenvalue weighted by Crippen LogP contribution is 2.29. The lowest BCUT2D eigenvalue weighted by molar-refractivity contribution is -0.383. The number of nitrogens with one attached hydrogen (secondary N) is 2. The van der Waals surface area contributed by atoms with Gasteiger partial charge in [0.1, 0.15) is 10.5 Å². The molecule has 0 radical (unpaired) electrons. The van der Waals surface area contributed by atoms with Crippen molar-refractivity contribution in [1.82, 2.24) is 9.97 Å². The SMILES string of the molecule is O=c1[nH]c2ccc(Cl)c([N+](=O)[O-])c2[nH]1. The Balaban J connectivity index is 2.95. The van der Waals surface area contributed by atoms with Gasteiger partial charge in [0, 0.05) is 0 Å². The molecule has 0 spiro atoms. The summed E-state index contributed by atoms with van der Waals surface area (Å²) in [6.07, 6.45) is 0. The van der Waals surface area contributed by atoms with Gasteiger partial charge in [-0.1, -0.05) is 11.6 Å². The zero-order chi connectivity index (χ0) is 10.3. The predicted octanol–water partition coefficient (Wildman–Crippen LogP) is 1.42. The average molecular weight is 214 g/mol. The number of hydrogen-bond donors (Lipinski definition) is 2. The van der Waals surface area contributed by atoms with Crippen LogP contribution >= 0.6 is 11.6 Å². The second kappa shape index (κ2) is 2.85. The van der Waals surface area contributed by atoms with Crippen molar-refractivity contribution in [3.05, 3.63) is 37.8 Å². The number of aromatic amines is 2. The van der Waals surface area contributed by atoms with Gasteiger partial charge in [-0.25, -0.2) is 4.79 Å². The number of nitro benzene ring substituents is 1. The third-order valence-corrected chi connectivity index (χ3v) is 2.10. The molecule has 0 amide bonds. The molecule has 14 heavy (non-hydrogen) atoms. The van der Waals surface area contributed by atoms with E-state index in [-0.39, 0.29) is 16.2 Å². The van der Waals surface area contributed by atoms with Crippen molar-refractivity contribution in [2.45, 2.75) is 0 Å². The van der Waals surface area contributed by atoms with Crippen molar-refractivity contribution < 1.29 is 4.92 Å². The van der Waals surface area contributed by atoms with E-state index in [1.54, 1.807) is 0 Å². The number of fused-ring (bicyclic) bond motifs is 1. The number of halogens is 1. The van der Waals surface area contributed by atoms with Crippen molar-refractivity contribution in [2.75, 3.05) is 0 Å². The summed E-state index contributed by atoms with van der Waals surface area (Å²) >= 11 is 5.63. The van der Waals surface area contributed by atoms with Crippen LogP contribution in [0.15, 0.2) is 16.9 Å². The largest absolute Gasteiger partial charge is 0.324 e. The summed E-state index contributed by atoms with van der Waals surface area (Å²) in [6, 6.07) is 2.87. The summed E-state index contributed by atoms with van der Waals surface area (Å²) < 4.78 is 0. The molecule has 2 N–H and O–H groups in total. The predicted molar refractivity (Wildman–Crippen MR) is 50.6 cm³/mol. The topological polar surface area (TPSA) is 91.8 Å². The van der Waals surface area contributed by atoms with Crippen LogP contribution in [0, 0.1) is 10.1 Å². The molecule has 2 aromatic rings. The number of benzene rings is 1. The van der Waals surface area contributed by atoms with Gasteiger partial charge >= 0.3 is 11.4 Å². The van der Waals surface area contributed by atoms with E-state index in [4.69, 9.17) is 11.6 Å². The summed E-state index contributed by atoms with van der Waals surface area (Å²) in [7, 11) is 0. The van der Waals surface area contributed by atoms with Crippen LogP contribution in [0.5, 0.6) is 0 Å². The molecule has 0 aliphatic heterocycles. The fourth-order valence-electron chi connectivity index (χ4n) is 1.24. The first-order valence-corrected chi connectivity index (χ1v) is 4.02. The van der Waals surface area contributed by atoms with E-state index < -0.39 is 10.6 Å². The van der Waals surface area contributed by atoms with Crippen LogP contribution in [0.3, 0.4) is 0 Å². The van der Waals surface area contributed by atoms with Crippen LogP contribution in [0.1, 0.15) is 0 Å². The highest BCUT2D eigenvalue weighted by atomic mass is 35.5. The maximum Gasteiger partial charge on any atom is 0.324 e. The fourth-order valence-corrected chi connectivity index (χ4v) is 1.47. The Labute approximate surface area is 81.7 Å². The van der Waals surface area contributed by atoms with Crippen LogP contribution in [-0.2, 0) is 0 Å². The van der Waals surface area contributed by atoms with E-state index in [0.29, 0.717) is 5.52 Å². The van der Waals surface area contributed by atoms with Gasteiger partial charge in [0.15, 0.2) is 0 Å². The second-order valence-electron chi connectivity index (χ2n) is 2.65. The van der Waals surface area contributed by atoms with E-state index >= 15 is 0 Å². The highest BCUT2D eigenvalue weighted by Gasteiger charge is 2.18. The van der Waals surface area contributed by atoms with Crippen LogP contribution in [0.4, 0.5) is 5.69 Å². The number of imidazole rings is 1. The third-order valence-electron chi connectivity index (χ3n) is 1.80. The van der Waals surface area contributed by atoms with E-state index in [1.807, 2.05) is 0 Å². The van der Waals surface area contributed by atoms with Crippen LogP contribution in [-0.4, -0.2) is 14.9 Å². The van der Waals surface area contributed by atoms with Gasteiger partial charge in [-0.15, -0.1) is 0 Å². The quantitative estimate of drug-likeness (QED) is 0.554. The van der Waals surface area contributed by atoms with Gasteiger partial charge in [0.05, 0.1) is 10.4 Å². The smallest absolute Gasteiger partial charge is 0.305 e. The number of aromatic nitrogens is 2. The Kier molecular flexibility index (Phi) is 1.78. The third kappa shape index (κ3) is 1.16. The molecule has 0 atom stereocenters. The maximum atomic E-state index is 10.9. The standard InChI is InChI=1S/C7H4ClN3O3/c8-3-1-2-4-5(6(3)11(13)14)10-7(12)9-4/h1-2H,(H2,9,10,12). The molecule has 0 unspecified atom stereocenters. The summed E-state index contributed by atoms with van der Waals surface area (Å²) in [4.78, 5) is 25.6. The van der Waals surface area contributed by atoms with Gasteiger partial charge in [0.2, 0.25) is 0 Å². The van der Waals surface area contributed by atoms with Crippen molar-refractivity contribution in [2.24, 2.45) is 0 Å². The Morgan fingerprint density at radius 3 is 2.71 bits per heavy atom. The van der Waals surface area contributed by atoms with Gasteiger partial charge in [-0.05, 0) is 12.1 Å². The molecule has 0 aliphatic rings. The molecular formula is C7H4ClN3O3. The first-order valence-electron chi connectivity index (χ1n) is 3.64. The molecule has 0 saturated carbocycles. The average Bonchev–Trinajstić information content (AvgIpc) is 2.43. The second-order valence-corrected chi connectivity index (χ2v) is 3.06. The minimum atomic E-state index is -0.631. The molecule has 0 saturated heterocycles. The molecule has 72 valence electrons. The molecule has 0 aliphatic carbocycles. The number of H-pyrrole nitrogens is 2. The molecular weight excluding hydrogens is 210 g/mol. The molecule has 6 nitrogen and oxygen atoms in total. The summed E-state index contributed by atoms with van der Waals surface area (Å²) in [5.74, 6) is 0. The van der Waals surface area contributed by atoms with Gasteiger partial charge in [-0.3, -0.25) is 15.1 Å². The molecule has 1 aromatic heterocycles. The van der Waals surface area contributed by atoms with Crippen molar-refractivity contribution in [3.63, 3.8) is 0 Å². The first-order chi connectivity index (χ1) is 6.59. The summed E-state index contributed by atoms with van der Waals surface area (Å²) in [5.41, 5.74) is -0.300. The van der Waals surface area contributed by atoms with Gasteiger partial charge < -0.3 is 4.98 Å². The fraction of sp³-hybridized carbons (Fsp3) is 0. The molecule has 1 aromatic carbocycles. The van der Waals surface area contributed by atoms with Crippen molar-refractivity contribution in [3.8, 4) is 0 Å². The molecule has 1 heterocycles. The zero-order valence-corrected chi connectivity index (χ0v) is 7.46. The number of rotatable bonds is 1. The zero-order valence-electron chi connectivity index (χ0n) is 6.70. The van der Waals surface area contributed by atoms with Crippen molar-refractivity contribution in [1.29, 1.82) is 0 Å². The van der Waals surface area contributed by atoms with Crippen LogP contribution in [0.25, 0.3) is 11.0 Å². The Morgan fingerprint density at radius 2 is 2.07 bits per heavy atom. The van der Waals surface area contributed by atoms with Crippen molar-refractivity contribution >= 4 is 28.3 Å². The van der Waals surface area contributed by atoms with E-state index in [9.17, 15) is 14.9 Å². The van der Waals surface area contributed by atoms with E-state index in [0.717, 1.165) is 0 Å². The summed E-state index contributed by atoms with van der Waals surface area (Å²) in [6.45, 7) is 0. The lowest BCUT2D eigenvalue weighted by atomic mass is 10.3. The molecule has 0 fully saturated rings. The van der Waals surface area contributed by atoms with Crippen LogP contribution in [0.2, 0.25) is 5.02 Å². The molecule has 2 rings (SSSR count). The van der Waals surface area contributed by atoms with Gasteiger partial charge in [0.25, 0.3) is 0 Å². The van der Waals surface area contributed by atoms with E-state index in [2.05, 4.69) is 9.97 Å². The Bertz CT molecular complexity index is 571. The van der Waals surface area contributed by atoms with E-state index in [1.165, 1.54) is 12.1 Å². The number of nitro groups is 1. The molecule has 0 bridgehead atoms. The summed E-state index contributed by atoms with van der Waals surface area (Å²) in [5, 5.41) is 10.6. The normalized spacial score (nSPS) is 10.6. The lowest BCUT2D eigenvalue weighted by Gasteiger charge is -1.94. The lowest BCUT2D eigenvalue weighted by Crippen LogP contribution is -1.99.